The van der Waals surface area contributed by atoms with Crippen LogP contribution in [-0.4, -0.2) is 31.2 Å². The Morgan fingerprint density at radius 2 is 1.96 bits per heavy atom. The van der Waals surface area contributed by atoms with Crippen molar-refractivity contribution in [3.8, 4) is 0 Å². The smallest absolute Gasteiger partial charge is 0.414 e. The van der Waals surface area contributed by atoms with Crippen molar-refractivity contribution in [2.24, 2.45) is 0 Å². The van der Waals surface area contributed by atoms with E-state index in [-0.39, 0.29) is 18.7 Å². The summed E-state index contributed by atoms with van der Waals surface area (Å²) in [5.41, 5.74) is 0.208. The third-order valence-electron chi connectivity index (χ3n) is 3.75. The number of nitrogens with zero attached hydrogens (tertiary/aromatic N) is 1. The molecule has 26 heavy (non-hydrogen) atoms. The van der Waals surface area contributed by atoms with Crippen LogP contribution in [0.4, 0.5) is 19.3 Å². The van der Waals surface area contributed by atoms with Crippen molar-refractivity contribution in [1.82, 2.24) is 5.32 Å². The zero-order valence-corrected chi connectivity index (χ0v) is 14.7. The fraction of sp³-hybridized carbons (Fsp3) is 0.176. The fourth-order valence-corrected chi connectivity index (χ4v) is 2.76. The van der Waals surface area contributed by atoms with Gasteiger partial charge >= 0.3 is 6.09 Å². The van der Waals surface area contributed by atoms with Crippen LogP contribution in [0.2, 0.25) is 10.0 Å². The van der Waals surface area contributed by atoms with Gasteiger partial charge in [0.2, 0.25) is 0 Å². The first-order valence-electron chi connectivity index (χ1n) is 7.51. The normalized spacial score (nSPS) is 16.5. The van der Waals surface area contributed by atoms with Crippen LogP contribution >= 0.6 is 23.2 Å². The zero-order valence-electron chi connectivity index (χ0n) is 13.1. The number of anilines is 1. The average Bonchev–Trinajstić information content (AvgIpc) is 2.96. The molecule has 1 unspecified atom stereocenters. The minimum atomic E-state index is -0.969. The number of amides is 2. The molecule has 1 aliphatic rings. The summed E-state index contributed by atoms with van der Waals surface area (Å²) in [6.07, 6.45) is -1.24. The van der Waals surface area contributed by atoms with Gasteiger partial charge in [-0.1, -0.05) is 23.2 Å². The Kier molecular flexibility index (Phi) is 5.29. The Labute approximate surface area is 157 Å². The van der Waals surface area contributed by atoms with Gasteiger partial charge in [0.05, 0.1) is 28.7 Å². The predicted octanol–water partition coefficient (Wildman–Crippen LogP) is 4.03. The third-order valence-corrected chi connectivity index (χ3v) is 4.49. The van der Waals surface area contributed by atoms with E-state index in [1.807, 2.05) is 0 Å². The number of nitrogens with one attached hydrogen (secondary N) is 1. The molecule has 0 aliphatic carbocycles. The molecule has 1 saturated heterocycles. The number of ether oxygens (including phenoxy) is 1. The van der Waals surface area contributed by atoms with E-state index in [9.17, 15) is 18.4 Å². The molecule has 2 amide bonds. The van der Waals surface area contributed by atoms with E-state index in [2.05, 4.69) is 5.32 Å². The summed E-state index contributed by atoms with van der Waals surface area (Å²) in [6, 6.07) is 7.35. The first kappa shape index (κ1) is 18.4. The SMILES string of the molecule is O=C(NCC1CN(c2ccc(Cl)c(Cl)c2)C(=O)O1)c1ccc(F)cc1F. The van der Waals surface area contributed by atoms with E-state index in [0.717, 1.165) is 12.1 Å². The van der Waals surface area contributed by atoms with E-state index in [1.54, 1.807) is 12.1 Å². The first-order valence-corrected chi connectivity index (χ1v) is 8.27. The number of halogens is 4. The van der Waals surface area contributed by atoms with Gasteiger partial charge in [0.1, 0.15) is 17.7 Å². The quantitative estimate of drug-likeness (QED) is 0.842. The second-order valence-electron chi connectivity index (χ2n) is 5.55. The summed E-state index contributed by atoms with van der Waals surface area (Å²) in [5, 5.41) is 3.11. The zero-order chi connectivity index (χ0) is 18.8. The van der Waals surface area contributed by atoms with E-state index in [1.165, 1.54) is 11.0 Å². The average molecular weight is 401 g/mol. The maximum absolute atomic E-state index is 13.6. The van der Waals surface area contributed by atoms with Crippen LogP contribution in [0.3, 0.4) is 0 Å². The van der Waals surface area contributed by atoms with E-state index < -0.39 is 29.7 Å². The molecule has 1 atom stereocenters. The van der Waals surface area contributed by atoms with E-state index in [0.29, 0.717) is 21.8 Å². The molecule has 1 aliphatic heterocycles. The lowest BCUT2D eigenvalue weighted by molar-refractivity contribution is 0.0912. The number of hydrogen-bond acceptors (Lipinski definition) is 3. The van der Waals surface area contributed by atoms with Gasteiger partial charge in [-0.25, -0.2) is 13.6 Å². The second-order valence-corrected chi connectivity index (χ2v) is 6.36. The largest absolute Gasteiger partial charge is 0.442 e. The van der Waals surface area contributed by atoms with Crippen molar-refractivity contribution >= 4 is 40.9 Å². The number of carbonyl (C=O) groups excluding carboxylic acids is 2. The summed E-state index contributed by atoms with van der Waals surface area (Å²) in [5.74, 6) is -2.48. The van der Waals surface area contributed by atoms with Gasteiger partial charge in [-0.2, -0.15) is 0 Å². The highest BCUT2D eigenvalue weighted by Crippen LogP contribution is 2.29. The summed E-state index contributed by atoms with van der Waals surface area (Å²) in [6.45, 7) is 0.141. The molecule has 0 radical (unpaired) electrons. The van der Waals surface area contributed by atoms with Crippen LogP contribution in [0.25, 0.3) is 0 Å². The van der Waals surface area contributed by atoms with Crippen LogP contribution in [0.5, 0.6) is 0 Å². The van der Waals surface area contributed by atoms with Crippen LogP contribution in [0, 0.1) is 11.6 Å². The van der Waals surface area contributed by atoms with Crippen LogP contribution in [-0.2, 0) is 4.74 Å². The Hall–Kier alpha value is -2.38. The summed E-state index contributed by atoms with van der Waals surface area (Å²) >= 11 is 11.8. The van der Waals surface area contributed by atoms with Crippen LogP contribution in [0.1, 0.15) is 10.4 Å². The topological polar surface area (TPSA) is 58.6 Å². The van der Waals surface area contributed by atoms with E-state index in [4.69, 9.17) is 27.9 Å². The molecular formula is C17H12Cl2F2N2O3. The van der Waals surface area contributed by atoms with Gasteiger partial charge in [0.25, 0.3) is 5.91 Å². The second kappa shape index (κ2) is 7.47. The molecule has 0 spiro atoms. The van der Waals surface area contributed by atoms with Gasteiger partial charge in [-0.15, -0.1) is 0 Å². The highest BCUT2D eigenvalue weighted by Gasteiger charge is 2.33. The number of carbonyl (C=O) groups is 2. The Balaban J connectivity index is 1.62. The molecule has 2 aromatic carbocycles. The van der Waals surface area contributed by atoms with Crippen molar-refractivity contribution in [2.45, 2.75) is 6.10 Å². The minimum absolute atomic E-state index is 0.0286. The molecular weight excluding hydrogens is 389 g/mol. The monoisotopic (exact) mass is 400 g/mol. The minimum Gasteiger partial charge on any atom is -0.442 e. The van der Waals surface area contributed by atoms with Gasteiger partial charge in [-0.05, 0) is 30.3 Å². The maximum atomic E-state index is 13.6. The molecule has 0 aromatic heterocycles. The van der Waals surface area contributed by atoms with Gasteiger partial charge in [-0.3, -0.25) is 9.69 Å². The molecule has 1 heterocycles. The van der Waals surface area contributed by atoms with Crippen molar-refractivity contribution in [1.29, 1.82) is 0 Å². The highest BCUT2D eigenvalue weighted by molar-refractivity contribution is 6.42. The standard InChI is InChI=1S/C17H12Cl2F2N2O3/c18-13-4-2-10(6-14(13)19)23-8-11(26-17(23)25)7-22-16(24)12-3-1-9(20)5-15(12)21/h1-6,11H,7-8H2,(H,22,24). The van der Waals surface area contributed by atoms with Gasteiger partial charge in [0, 0.05) is 11.8 Å². The summed E-state index contributed by atoms with van der Waals surface area (Å²) in [7, 11) is 0. The van der Waals surface area contributed by atoms with Crippen molar-refractivity contribution < 1.29 is 23.1 Å². The van der Waals surface area contributed by atoms with Crippen LogP contribution in [0.15, 0.2) is 36.4 Å². The van der Waals surface area contributed by atoms with Crippen molar-refractivity contribution in [2.75, 3.05) is 18.0 Å². The number of cyclic esters (lactones) is 1. The Morgan fingerprint density at radius 3 is 2.65 bits per heavy atom. The lowest BCUT2D eigenvalue weighted by Gasteiger charge is -2.14. The third kappa shape index (κ3) is 3.89. The van der Waals surface area contributed by atoms with Crippen molar-refractivity contribution in [3.63, 3.8) is 0 Å². The number of rotatable bonds is 4. The molecule has 2 aromatic rings. The van der Waals surface area contributed by atoms with E-state index >= 15 is 0 Å². The molecule has 5 nitrogen and oxygen atoms in total. The molecule has 1 fully saturated rings. The Bertz CT molecular complexity index is 879. The first-order chi connectivity index (χ1) is 12.3. The Morgan fingerprint density at radius 1 is 1.19 bits per heavy atom. The molecule has 0 bridgehead atoms. The molecule has 1 N–H and O–H groups in total. The number of hydrogen-bond donors (Lipinski definition) is 1. The lowest BCUT2D eigenvalue weighted by Crippen LogP contribution is -2.35. The molecule has 0 saturated carbocycles. The van der Waals surface area contributed by atoms with Crippen LogP contribution < -0.4 is 10.2 Å². The maximum Gasteiger partial charge on any atom is 0.414 e. The predicted molar refractivity (Wildman–Crippen MR) is 92.8 cm³/mol. The fourth-order valence-electron chi connectivity index (χ4n) is 2.47. The molecule has 3 rings (SSSR count). The van der Waals surface area contributed by atoms with Gasteiger partial charge < -0.3 is 10.1 Å². The highest BCUT2D eigenvalue weighted by atomic mass is 35.5. The molecule has 9 heteroatoms. The van der Waals surface area contributed by atoms with Gasteiger partial charge in [0.15, 0.2) is 0 Å². The summed E-state index contributed by atoms with van der Waals surface area (Å²) < 4.78 is 31.7. The lowest BCUT2D eigenvalue weighted by atomic mass is 10.2. The van der Waals surface area contributed by atoms with Crippen molar-refractivity contribution in [3.05, 3.63) is 63.6 Å². The summed E-state index contributed by atoms with van der Waals surface area (Å²) in [4.78, 5) is 25.3. The molecule has 136 valence electrons. The number of benzene rings is 2.